The highest BCUT2D eigenvalue weighted by atomic mass is 19.2. The summed E-state index contributed by atoms with van der Waals surface area (Å²) in [7, 11) is 3.95. The van der Waals surface area contributed by atoms with Gasteiger partial charge in [0, 0.05) is 80.4 Å². The first-order valence-corrected chi connectivity index (χ1v) is 27.6. The lowest BCUT2D eigenvalue weighted by Crippen LogP contribution is -2.28. The molecule has 8 heterocycles. The van der Waals surface area contributed by atoms with E-state index in [1.165, 1.54) is 12.1 Å². The van der Waals surface area contributed by atoms with E-state index >= 15 is 4.39 Å². The number of fused-ring (bicyclic) bond motifs is 6. The summed E-state index contributed by atoms with van der Waals surface area (Å²) in [5, 5.41) is 24.3. The van der Waals surface area contributed by atoms with Crippen LogP contribution in [0, 0.1) is 49.1 Å². The third kappa shape index (κ3) is 9.51. The molecule has 408 valence electrons. The molecule has 2 N–H and O–H groups in total. The predicted molar refractivity (Wildman–Crippen MR) is 302 cm³/mol. The topological polar surface area (TPSA) is 130 Å². The molecular weight excluding hydrogens is 1000 g/mol. The molecule has 2 unspecified atom stereocenters. The van der Waals surface area contributed by atoms with E-state index in [2.05, 4.69) is 43.4 Å². The zero-order valence-corrected chi connectivity index (χ0v) is 45.9. The number of pyridine rings is 2. The molecule has 1 saturated carbocycles. The van der Waals surface area contributed by atoms with Gasteiger partial charge in [0.2, 0.25) is 0 Å². The number of aromatic nitrogens is 8. The molecule has 3 aliphatic rings. The third-order valence-electron chi connectivity index (χ3n) is 17.2. The van der Waals surface area contributed by atoms with Crippen LogP contribution in [0.1, 0.15) is 105 Å². The number of ether oxygens (including phenoxy) is 2. The Bertz CT molecular complexity index is 3890. The molecule has 0 amide bonds. The van der Waals surface area contributed by atoms with Gasteiger partial charge in [-0.2, -0.15) is 0 Å². The molecular formula is C64H67F3N8O4. The fourth-order valence-electron chi connectivity index (χ4n) is 12.9. The van der Waals surface area contributed by atoms with E-state index in [4.69, 9.17) is 19.4 Å². The van der Waals surface area contributed by atoms with Crippen LogP contribution >= 0.6 is 0 Å². The maximum absolute atomic E-state index is 15.7. The normalized spacial score (nSPS) is 17.4. The van der Waals surface area contributed by atoms with Gasteiger partial charge in [-0.3, -0.25) is 9.97 Å². The van der Waals surface area contributed by atoms with Crippen molar-refractivity contribution < 1.29 is 32.9 Å². The standard InChI is InChI=1S/C33H35FN4O2.C31H32F2N4O2/c1-20-31(37(3)19-36-20)22-16-29-30(35-18-22)26-11-10-24(33(2,39)23-8-9-23)17-28(26)38(29)32(21-12-14-40-15-13-21)25-6-4-5-7-27(25)34;1-18-29(36(4)17-35-18)21-14-27-28(34-16-21)23-7-6-22(31(2,3)38)15-26(23)37(27)30(19-9-11-39-12-10-19)20-5-8-24(32)25(33)13-20/h4-7,10-11,16-19,21,23,32,39H,8-9,12-15H2,1-3H3;5-8,13-17,19,30,38H,9-12H2,1-4H3/t32-,33?;/m0./s1. The summed E-state index contributed by atoms with van der Waals surface area (Å²) in [6, 6.07) is 27.3. The van der Waals surface area contributed by atoms with Crippen molar-refractivity contribution >= 4 is 43.9 Å². The second-order valence-electron chi connectivity index (χ2n) is 22.9. The predicted octanol–water partition coefficient (Wildman–Crippen LogP) is 13.1. The number of hydrogen-bond acceptors (Lipinski definition) is 8. The van der Waals surface area contributed by atoms with Gasteiger partial charge >= 0.3 is 0 Å². The van der Waals surface area contributed by atoms with Crippen molar-refractivity contribution in [3.63, 3.8) is 0 Å². The van der Waals surface area contributed by atoms with Crippen LogP contribution in [0.4, 0.5) is 13.2 Å². The molecule has 0 radical (unpaired) electrons. The second kappa shape index (κ2) is 20.5. The Kier molecular flexibility index (Phi) is 13.6. The Morgan fingerprint density at radius 3 is 1.54 bits per heavy atom. The molecule has 4 aromatic carbocycles. The van der Waals surface area contributed by atoms with E-state index in [1.54, 1.807) is 38.4 Å². The van der Waals surface area contributed by atoms with Crippen LogP contribution in [0.2, 0.25) is 0 Å². The molecule has 2 saturated heterocycles. The van der Waals surface area contributed by atoms with Crippen molar-refractivity contribution in [3.8, 4) is 22.5 Å². The first-order chi connectivity index (χ1) is 38.0. The van der Waals surface area contributed by atoms with E-state index < -0.39 is 22.8 Å². The van der Waals surface area contributed by atoms with Gasteiger partial charge in [0.05, 0.1) is 91.8 Å². The smallest absolute Gasteiger partial charge is 0.159 e. The van der Waals surface area contributed by atoms with Crippen LogP contribution in [0.15, 0.2) is 116 Å². The Morgan fingerprint density at radius 1 is 0.544 bits per heavy atom. The number of aryl methyl sites for hydroxylation is 4. The van der Waals surface area contributed by atoms with Crippen LogP contribution in [0.5, 0.6) is 0 Å². The molecule has 10 aromatic rings. The molecule has 6 aromatic heterocycles. The maximum Gasteiger partial charge on any atom is 0.159 e. The highest BCUT2D eigenvalue weighted by Crippen LogP contribution is 2.48. The third-order valence-corrected chi connectivity index (χ3v) is 17.2. The van der Waals surface area contributed by atoms with Crippen LogP contribution < -0.4 is 0 Å². The van der Waals surface area contributed by atoms with Crippen molar-refractivity contribution in [1.29, 1.82) is 0 Å². The Balaban J connectivity index is 0.000000158. The average Bonchev–Trinajstić information content (AvgIpc) is 4.24. The van der Waals surface area contributed by atoms with Gasteiger partial charge in [-0.1, -0.05) is 48.5 Å². The molecule has 3 fully saturated rings. The number of benzene rings is 4. The fraction of sp³-hybridized carbons (Fsp3) is 0.375. The van der Waals surface area contributed by atoms with Crippen molar-refractivity contribution in [2.24, 2.45) is 31.8 Å². The molecule has 12 nitrogen and oxygen atoms in total. The lowest BCUT2D eigenvalue weighted by Gasteiger charge is -2.33. The fourth-order valence-corrected chi connectivity index (χ4v) is 12.9. The zero-order valence-electron chi connectivity index (χ0n) is 45.9. The SMILES string of the molecule is Cc1ncn(C)c1-c1cnc2c3ccc(C(C)(C)O)cc3n(C(c3ccc(F)c(F)c3)C3CCOCC3)c2c1.Cc1ncn(C)c1-c1cnc2c3ccc(C(C)(O)C4CC4)cc3n([C@H](c3ccccc3F)C3CCOCC3)c2c1. The molecule has 0 bridgehead atoms. The van der Waals surface area contributed by atoms with Gasteiger partial charge in [-0.05, 0) is 150 Å². The number of halogens is 3. The summed E-state index contributed by atoms with van der Waals surface area (Å²) in [5.41, 5.74) is 12.1. The van der Waals surface area contributed by atoms with E-state index in [0.717, 1.165) is 127 Å². The number of rotatable bonds is 11. The Hall–Kier alpha value is -7.17. The minimum atomic E-state index is -1.06. The quantitative estimate of drug-likeness (QED) is 0.131. The number of aliphatic hydroxyl groups is 2. The van der Waals surface area contributed by atoms with Crippen LogP contribution in [0.25, 0.3) is 66.4 Å². The van der Waals surface area contributed by atoms with Crippen LogP contribution in [-0.4, -0.2) is 74.8 Å². The lowest BCUT2D eigenvalue weighted by atomic mass is 9.86. The summed E-state index contributed by atoms with van der Waals surface area (Å²) in [6.07, 6.45) is 12.7. The molecule has 2 aliphatic heterocycles. The zero-order chi connectivity index (χ0) is 55.1. The van der Waals surface area contributed by atoms with Crippen LogP contribution in [0.3, 0.4) is 0 Å². The van der Waals surface area contributed by atoms with E-state index in [1.807, 2.05) is 99.1 Å². The van der Waals surface area contributed by atoms with Crippen molar-refractivity contribution in [2.75, 3.05) is 26.4 Å². The molecule has 1 aliphatic carbocycles. The molecule has 79 heavy (non-hydrogen) atoms. The molecule has 15 heteroatoms. The van der Waals surface area contributed by atoms with Gasteiger partial charge in [-0.25, -0.2) is 23.1 Å². The van der Waals surface area contributed by atoms with E-state index in [9.17, 15) is 19.0 Å². The Labute approximate surface area is 457 Å². The largest absolute Gasteiger partial charge is 0.386 e. The van der Waals surface area contributed by atoms with E-state index in [0.29, 0.717) is 37.6 Å². The summed E-state index contributed by atoms with van der Waals surface area (Å²) in [5.74, 6) is -1.38. The minimum absolute atomic E-state index is 0.121. The molecule has 0 spiro atoms. The highest BCUT2D eigenvalue weighted by molar-refractivity contribution is 6.08. The van der Waals surface area contributed by atoms with Gasteiger partial charge in [0.25, 0.3) is 0 Å². The summed E-state index contributed by atoms with van der Waals surface area (Å²) in [6.45, 7) is 11.9. The summed E-state index contributed by atoms with van der Waals surface area (Å²) >= 11 is 0. The van der Waals surface area contributed by atoms with Gasteiger partial charge < -0.3 is 38.0 Å². The van der Waals surface area contributed by atoms with Crippen molar-refractivity contribution in [1.82, 2.24) is 38.2 Å². The van der Waals surface area contributed by atoms with Crippen molar-refractivity contribution in [3.05, 3.63) is 167 Å². The summed E-state index contributed by atoms with van der Waals surface area (Å²) in [4.78, 5) is 18.9. The first-order valence-electron chi connectivity index (χ1n) is 27.6. The van der Waals surface area contributed by atoms with Crippen molar-refractivity contribution in [2.45, 2.75) is 96.4 Å². The maximum atomic E-state index is 15.7. The molecule has 3 atom stereocenters. The monoisotopic (exact) mass is 1070 g/mol. The van der Waals surface area contributed by atoms with E-state index in [-0.39, 0.29) is 35.7 Å². The lowest BCUT2D eigenvalue weighted by molar-refractivity contribution is 0.0331. The van der Waals surface area contributed by atoms with Crippen LogP contribution in [-0.2, 0) is 34.8 Å². The van der Waals surface area contributed by atoms with Gasteiger partial charge in [0.15, 0.2) is 11.6 Å². The number of nitrogens with zero attached hydrogens (tertiary/aromatic N) is 8. The average molecular weight is 1070 g/mol. The minimum Gasteiger partial charge on any atom is -0.386 e. The first kappa shape index (κ1) is 52.5. The number of hydrogen-bond donors (Lipinski definition) is 2. The van der Waals surface area contributed by atoms with Gasteiger partial charge in [-0.15, -0.1) is 0 Å². The van der Waals surface area contributed by atoms with Gasteiger partial charge in [0.1, 0.15) is 5.82 Å². The number of imidazole rings is 2. The highest BCUT2D eigenvalue weighted by Gasteiger charge is 2.42. The Morgan fingerprint density at radius 2 is 1.05 bits per heavy atom. The molecule has 13 rings (SSSR count). The second-order valence-corrected chi connectivity index (χ2v) is 22.9. The summed E-state index contributed by atoms with van der Waals surface area (Å²) < 4.78 is 64.3.